The number of nitrogens with one attached hydrogen (secondary N) is 2. The summed E-state index contributed by atoms with van der Waals surface area (Å²) in [6, 6.07) is 7.60. The van der Waals surface area contributed by atoms with Gasteiger partial charge in [-0.05, 0) is 31.2 Å². The summed E-state index contributed by atoms with van der Waals surface area (Å²) in [5.74, 6) is -6.19. The van der Waals surface area contributed by atoms with Crippen LogP contribution in [0.4, 0.5) is 23.2 Å². The molecule has 0 radical (unpaired) electrons. The van der Waals surface area contributed by atoms with E-state index < -0.39 is 52.6 Å². The highest BCUT2D eigenvalue weighted by Crippen LogP contribution is 2.27. The van der Waals surface area contributed by atoms with Crippen LogP contribution in [-0.4, -0.2) is 38.4 Å². The van der Waals surface area contributed by atoms with Crippen molar-refractivity contribution in [3.63, 3.8) is 0 Å². The van der Waals surface area contributed by atoms with E-state index in [9.17, 15) is 27.2 Å². The molecular formula is C20H17F4N5O2S. The Morgan fingerprint density at radius 2 is 1.75 bits per heavy atom. The topological polar surface area (TPSA) is 88.9 Å². The minimum Gasteiger partial charge on any atom is -0.346 e. The molecule has 0 saturated carbocycles. The second-order valence-corrected chi connectivity index (χ2v) is 7.90. The zero-order chi connectivity index (χ0) is 23.4. The number of carbonyl (C=O) groups excluding carboxylic acids is 2. The van der Waals surface area contributed by atoms with Gasteiger partial charge in [0.1, 0.15) is 5.82 Å². The summed E-state index contributed by atoms with van der Waals surface area (Å²) < 4.78 is 55.3. The van der Waals surface area contributed by atoms with Gasteiger partial charge in [0.25, 0.3) is 0 Å². The maximum absolute atomic E-state index is 14.0. The van der Waals surface area contributed by atoms with Gasteiger partial charge in [0, 0.05) is 7.05 Å². The van der Waals surface area contributed by atoms with Gasteiger partial charge in [0.2, 0.25) is 11.8 Å². The summed E-state index contributed by atoms with van der Waals surface area (Å²) in [6.07, 6.45) is 0. The van der Waals surface area contributed by atoms with Crippen molar-refractivity contribution >= 4 is 29.3 Å². The van der Waals surface area contributed by atoms with Crippen LogP contribution in [-0.2, 0) is 16.6 Å². The molecule has 7 nitrogen and oxygen atoms in total. The standard InChI is InChI=1S/C20H17F4N5O2S/c1-10(32-20-28-27-18(29(20)2)11-5-3-4-6-12(11)21)19(31)25-9-15(30)26-14-8-7-13(22)16(23)17(14)24/h3-8,10H,9H2,1-2H3,(H,25,31)(H,26,30). The Labute approximate surface area is 184 Å². The number of amides is 2. The third-order valence-corrected chi connectivity index (χ3v) is 5.47. The molecule has 1 aromatic heterocycles. The fraction of sp³-hybridized carbons (Fsp3) is 0.200. The van der Waals surface area contributed by atoms with E-state index >= 15 is 0 Å². The normalized spacial score (nSPS) is 11.8. The average Bonchev–Trinajstić information content (AvgIpc) is 3.12. The number of aromatic nitrogens is 3. The Morgan fingerprint density at radius 3 is 2.47 bits per heavy atom. The van der Waals surface area contributed by atoms with Crippen LogP contribution in [0, 0.1) is 23.3 Å². The Morgan fingerprint density at radius 1 is 1.03 bits per heavy atom. The molecule has 0 fully saturated rings. The lowest BCUT2D eigenvalue weighted by Crippen LogP contribution is -2.37. The molecule has 32 heavy (non-hydrogen) atoms. The first kappa shape index (κ1) is 23.3. The number of rotatable bonds is 7. The lowest BCUT2D eigenvalue weighted by atomic mass is 10.2. The van der Waals surface area contributed by atoms with Crippen molar-refractivity contribution in [2.75, 3.05) is 11.9 Å². The largest absolute Gasteiger partial charge is 0.346 e. The Kier molecular flexibility index (Phi) is 7.13. The number of hydrogen-bond acceptors (Lipinski definition) is 5. The predicted octanol–water partition coefficient (Wildman–Crippen LogP) is 3.27. The van der Waals surface area contributed by atoms with E-state index in [1.54, 1.807) is 32.2 Å². The Hall–Kier alpha value is -3.41. The number of nitrogens with zero attached hydrogens (tertiary/aromatic N) is 3. The zero-order valence-corrected chi connectivity index (χ0v) is 17.6. The van der Waals surface area contributed by atoms with E-state index in [0.29, 0.717) is 11.2 Å². The van der Waals surface area contributed by atoms with Crippen LogP contribution in [0.2, 0.25) is 0 Å². The van der Waals surface area contributed by atoms with Crippen molar-refractivity contribution in [1.82, 2.24) is 20.1 Å². The van der Waals surface area contributed by atoms with Gasteiger partial charge in [-0.25, -0.2) is 17.6 Å². The quantitative estimate of drug-likeness (QED) is 0.316. The second-order valence-electron chi connectivity index (χ2n) is 6.59. The molecule has 2 N–H and O–H groups in total. The van der Waals surface area contributed by atoms with Crippen molar-refractivity contribution < 1.29 is 27.2 Å². The number of halogens is 4. The number of hydrogen-bond donors (Lipinski definition) is 2. The highest BCUT2D eigenvalue weighted by molar-refractivity contribution is 8.00. The number of anilines is 1. The van der Waals surface area contributed by atoms with Crippen molar-refractivity contribution in [3.05, 3.63) is 59.7 Å². The van der Waals surface area contributed by atoms with Gasteiger partial charge in [0.05, 0.1) is 23.0 Å². The molecule has 1 unspecified atom stereocenters. The van der Waals surface area contributed by atoms with Gasteiger partial charge in [-0.3, -0.25) is 9.59 Å². The fourth-order valence-electron chi connectivity index (χ4n) is 2.63. The first-order valence-corrected chi connectivity index (χ1v) is 10.1. The van der Waals surface area contributed by atoms with Crippen LogP contribution in [0.5, 0.6) is 0 Å². The minimum atomic E-state index is -1.71. The first-order valence-electron chi connectivity index (χ1n) is 9.21. The Balaban J connectivity index is 1.57. The van der Waals surface area contributed by atoms with Gasteiger partial charge in [-0.1, -0.05) is 23.9 Å². The van der Waals surface area contributed by atoms with Crippen LogP contribution in [0.15, 0.2) is 41.6 Å². The van der Waals surface area contributed by atoms with Crippen LogP contribution in [0.25, 0.3) is 11.4 Å². The van der Waals surface area contributed by atoms with E-state index in [1.807, 2.05) is 0 Å². The van der Waals surface area contributed by atoms with Crippen LogP contribution >= 0.6 is 11.8 Å². The highest BCUT2D eigenvalue weighted by atomic mass is 32.2. The smallest absolute Gasteiger partial charge is 0.243 e. The molecule has 0 aliphatic carbocycles. The number of carbonyl (C=O) groups is 2. The predicted molar refractivity (Wildman–Crippen MR) is 110 cm³/mol. The minimum absolute atomic E-state index is 0.257. The molecule has 2 amide bonds. The summed E-state index contributed by atoms with van der Waals surface area (Å²) >= 11 is 1.03. The first-order chi connectivity index (χ1) is 15.2. The molecular weight excluding hydrogens is 450 g/mol. The molecule has 3 rings (SSSR count). The van der Waals surface area contributed by atoms with Crippen LogP contribution in [0.3, 0.4) is 0 Å². The molecule has 3 aromatic rings. The zero-order valence-electron chi connectivity index (χ0n) is 16.8. The molecule has 0 bridgehead atoms. The maximum atomic E-state index is 14.0. The second kappa shape index (κ2) is 9.81. The monoisotopic (exact) mass is 467 g/mol. The fourth-order valence-corrected chi connectivity index (χ4v) is 3.47. The molecule has 0 aliphatic heterocycles. The molecule has 12 heteroatoms. The summed E-state index contributed by atoms with van der Waals surface area (Å²) in [4.78, 5) is 24.2. The van der Waals surface area contributed by atoms with Crippen LogP contribution < -0.4 is 10.6 Å². The molecule has 2 aromatic carbocycles. The maximum Gasteiger partial charge on any atom is 0.243 e. The van der Waals surface area contributed by atoms with E-state index in [4.69, 9.17) is 0 Å². The van der Waals surface area contributed by atoms with Crippen molar-refractivity contribution in [2.45, 2.75) is 17.3 Å². The molecule has 0 spiro atoms. The third-order valence-electron chi connectivity index (χ3n) is 4.33. The van der Waals surface area contributed by atoms with Crippen molar-refractivity contribution in [2.24, 2.45) is 7.05 Å². The molecule has 1 heterocycles. The van der Waals surface area contributed by atoms with Crippen molar-refractivity contribution in [3.8, 4) is 11.4 Å². The van der Waals surface area contributed by atoms with Crippen LogP contribution in [0.1, 0.15) is 6.92 Å². The van der Waals surface area contributed by atoms with Gasteiger partial charge in [-0.2, -0.15) is 0 Å². The van der Waals surface area contributed by atoms with Crippen molar-refractivity contribution in [1.29, 1.82) is 0 Å². The van der Waals surface area contributed by atoms with E-state index in [-0.39, 0.29) is 11.4 Å². The molecule has 0 aliphatic rings. The van der Waals surface area contributed by atoms with Gasteiger partial charge >= 0.3 is 0 Å². The summed E-state index contributed by atoms with van der Waals surface area (Å²) in [5.41, 5.74) is -0.294. The van der Waals surface area contributed by atoms with E-state index in [1.165, 1.54) is 10.6 Å². The van der Waals surface area contributed by atoms with Gasteiger partial charge in [-0.15, -0.1) is 10.2 Å². The summed E-state index contributed by atoms with van der Waals surface area (Å²) in [6.45, 7) is 1.03. The lowest BCUT2D eigenvalue weighted by molar-refractivity contribution is -0.123. The summed E-state index contributed by atoms with van der Waals surface area (Å²) in [7, 11) is 1.62. The molecule has 168 valence electrons. The van der Waals surface area contributed by atoms with E-state index in [0.717, 1.165) is 17.8 Å². The van der Waals surface area contributed by atoms with Gasteiger partial charge in [0.15, 0.2) is 28.4 Å². The number of benzene rings is 2. The molecule has 0 saturated heterocycles. The summed E-state index contributed by atoms with van der Waals surface area (Å²) in [5, 5.41) is 12.0. The van der Waals surface area contributed by atoms with Gasteiger partial charge < -0.3 is 15.2 Å². The average molecular weight is 467 g/mol. The SMILES string of the molecule is CC(Sc1nnc(-c2ccccc2F)n1C)C(=O)NCC(=O)Nc1ccc(F)c(F)c1F. The molecule has 1 atom stereocenters. The highest BCUT2D eigenvalue weighted by Gasteiger charge is 2.21. The van der Waals surface area contributed by atoms with E-state index in [2.05, 4.69) is 20.8 Å². The third kappa shape index (κ3) is 5.07. The lowest BCUT2D eigenvalue weighted by Gasteiger charge is -2.12. The number of thioether (sulfide) groups is 1. The Bertz CT molecular complexity index is 1170.